The van der Waals surface area contributed by atoms with Gasteiger partial charge in [-0.1, -0.05) is 0 Å². The van der Waals surface area contributed by atoms with E-state index in [2.05, 4.69) is 30.9 Å². The van der Waals surface area contributed by atoms with Gasteiger partial charge < -0.3 is 14.9 Å². The number of rotatable bonds is 2. The Balaban J connectivity index is 2.04. The second kappa shape index (κ2) is 4.79. The normalized spacial score (nSPS) is 10.9. The van der Waals surface area contributed by atoms with Gasteiger partial charge in [-0.15, -0.1) is 0 Å². The summed E-state index contributed by atoms with van der Waals surface area (Å²) in [6.45, 7) is 1.95. The molecule has 0 amide bonds. The van der Waals surface area contributed by atoms with Crippen LogP contribution in [0.2, 0.25) is 0 Å². The van der Waals surface area contributed by atoms with Crippen molar-refractivity contribution in [3.63, 3.8) is 0 Å². The molecule has 102 valence electrons. The molecule has 0 unspecified atom stereocenters. The maximum atomic E-state index is 11.3. The van der Waals surface area contributed by atoms with Crippen LogP contribution >= 0.6 is 15.9 Å². The number of hydrogen-bond acceptors (Lipinski definition) is 3. The monoisotopic (exact) mass is 332 g/mol. The topological polar surface area (TPSA) is 64.8 Å². The number of benzene rings is 1. The minimum Gasteiger partial charge on any atom is -0.329 e. The predicted molar refractivity (Wildman–Crippen MR) is 83.7 cm³/mol. The molecule has 0 aliphatic rings. The molecule has 0 atom stereocenters. The number of fused-ring (bicyclic) bond motifs is 1. The molecule has 3 rings (SSSR count). The minimum absolute atomic E-state index is 0.197. The van der Waals surface area contributed by atoms with Gasteiger partial charge in [0.1, 0.15) is 5.82 Å². The lowest BCUT2D eigenvalue weighted by atomic mass is 10.2. The van der Waals surface area contributed by atoms with E-state index < -0.39 is 0 Å². The number of hydrogen-bond donors (Lipinski definition) is 2. The Morgan fingerprint density at radius 1 is 1.15 bits per heavy atom. The first kappa shape index (κ1) is 12.9. The minimum atomic E-state index is -0.197. The van der Waals surface area contributed by atoms with Crippen molar-refractivity contribution in [3.8, 4) is 0 Å². The molecular weight excluding hydrogens is 320 g/mol. The third-order valence-corrected chi connectivity index (χ3v) is 4.08. The molecule has 0 aliphatic heterocycles. The van der Waals surface area contributed by atoms with Crippen LogP contribution < -0.4 is 10.6 Å². The second-order valence-corrected chi connectivity index (χ2v) is 5.46. The summed E-state index contributed by atoms with van der Waals surface area (Å²) >= 11 is 3.45. The number of nitrogens with zero attached hydrogens (tertiary/aromatic N) is 2. The van der Waals surface area contributed by atoms with E-state index in [1.807, 2.05) is 49.2 Å². The van der Waals surface area contributed by atoms with Gasteiger partial charge in [0.05, 0.1) is 16.7 Å². The smallest absolute Gasteiger partial charge is 0.323 e. The number of aryl methyl sites for hydroxylation is 1. The molecule has 0 aliphatic carbocycles. The van der Waals surface area contributed by atoms with E-state index >= 15 is 0 Å². The lowest BCUT2D eigenvalue weighted by molar-refractivity contribution is 1.08. The van der Waals surface area contributed by atoms with Crippen LogP contribution in [0.1, 0.15) is 5.69 Å². The Morgan fingerprint density at radius 3 is 2.65 bits per heavy atom. The first-order valence-electron chi connectivity index (χ1n) is 6.13. The van der Waals surface area contributed by atoms with Gasteiger partial charge in [-0.05, 0) is 53.2 Å². The number of aromatic nitrogens is 3. The van der Waals surface area contributed by atoms with Crippen LogP contribution in [-0.4, -0.2) is 22.0 Å². The number of pyridine rings is 1. The molecule has 2 aromatic heterocycles. The molecule has 2 heterocycles. The zero-order chi connectivity index (χ0) is 14.3. The quantitative estimate of drug-likeness (QED) is 0.757. The average molecular weight is 333 g/mol. The fourth-order valence-electron chi connectivity index (χ4n) is 2.08. The van der Waals surface area contributed by atoms with Gasteiger partial charge in [0.15, 0.2) is 0 Å². The predicted octanol–water partition coefficient (Wildman–Crippen LogP) is 3.09. The second-order valence-electron chi connectivity index (χ2n) is 4.60. The van der Waals surface area contributed by atoms with E-state index in [4.69, 9.17) is 0 Å². The molecule has 0 bridgehead atoms. The van der Waals surface area contributed by atoms with Crippen molar-refractivity contribution in [3.05, 3.63) is 51.0 Å². The lowest BCUT2D eigenvalue weighted by Gasteiger charge is -2.19. The zero-order valence-corrected chi connectivity index (χ0v) is 12.7. The van der Waals surface area contributed by atoms with Gasteiger partial charge in [0.25, 0.3) is 0 Å². The molecule has 6 heteroatoms. The van der Waals surface area contributed by atoms with E-state index in [0.717, 1.165) is 32.7 Å². The van der Waals surface area contributed by atoms with Gasteiger partial charge in [-0.25, -0.2) is 9.78 Å². The summed E-state index contributed by atoms with van der Waals surface area (Å²) in [5, 5.41) is 0. The van der Waals surface area contributed by atoms with Gasteiger partial charge in [-0.2, -0.15) is 0 Å². The van der Waals surface area contributed by atoms with Crippen LogP contribution in [0.4, 0.5) is 11.5 Å². The maximum Gasteiger partial charge on any atom is 0.323 e. The number of nitrogens with one attached hydrogen (secondary N) is 2. The van der Waals surface area contributed by atoms with Gasteiger partial charge >= 0.3 is 5.69 Å². The molecule has 0 radical (unpaired) electrons. The number of aromatic amines is 2. The largest absolute Gasteiger partial charge is 0.329 e. The van der Waals surface area contributed by atoms with E-state index in [0.29, 0.717) is 0 Å². The highest BCUT2D eigenvalue weighted by atomic mass is 79.9. The van der Waals surface area contributed by atoms with E-state index in [-0.39, 0.29) is 5.69 Å². The van der Waals surface area contributed by atoms with Crippen LogP contribution in [-0.2, 0) is 0 Å². The summed E-state index contributed by atoms with van der Waals surface area (Å²) in [6, 6.07) is 9.67. The number of halogens is 1. The molecule has 2 N–H and O–H groups in total. The van der Waals surface area contributed by atoms with Crippen LogP contribution in [0.5, 0.6) is 0 Å². The summed E-state index contributed by atoms with van der Waals surface area (Å²) in [5.74, 6) is 0.850. The van der Waals surface area contributed by atoms with Crippen molar-refractivity contribution in [2.45, 2.75) is 6.92 Å². The van der Waals surface area contributed by atoms with Crippen molar-refractivity contribution in [2.75, 3.05) is 11.9 Å². The summed E-state index contributed by atoms with van der Waals surface area (Å²) in [5.41, 5.74) is 3.28. The third kappa shape index (κ3) is 2.22. The Kier molecular flexibility index (Phi) is 3.10. The Bertz CT molecular complexity index is 837. The molecule has 3 aromatic rings. The molecule has 0 saturated carbocycles. The summed E-state index contributed by atoms with van der Waals surface area (Å²) < 4.78 is 0.986. The molecule has 0 saturated heterocycles. The third-order valence-electron chi connectivity index (χ3n) is 3.24. The fourth-order valence-corrected chi connectivity index (χ4v) is 2.30. The van der Waals surface area contributed by atoms with Crippen molar-refractivity contribution in [1.29, 1.82) is 0 Å². The number of anilines is 2. The van der Waals surface area contributed by atoms with Crippen LogP contribution in [0.15, 0.2) is 39.6 Å². The highest BCUT2D eigenvalue weighted by Gasteiger charge is 2.08. The van der Waals surface area contributed by atoms with Crippen molar-refractivity contribution >= 4 is 38.5 Å². The first-order chi connectivity index (χ1) is 9.54. The molecule has 20 heavy (non-hydrogen) atoms. The van der Waals surface area contributed by atoms with Crippen LogP contribution in [0.25, 0.3) is 11.0 Å². The van der Waals surface area contributed by atoms with Gasteiger partial charge in [0, 0.05) is 17.2 Å². The molecule has 0 fully saturated rings. The lowest BCUT2D eigenvalue weighted by Crippen LogP contribution is -2.11. The Labute approximate surface area is 123 Å². The zero-order valence-electron chi connectivity index (χ0n) is 11.1. The van der Waals surface area contributed by atoms with Gasteiger partial charge in [-0.3, -0.25) is 0 Å². The van der Waals surface area contributed by atoms with Crippen LogP contribution in [0, 0.1) is 6.92 Å². The van der Waals surface area contributed by atoms with Crippen molar-refractivity contribution in [2.24, 2.45) is 0 Å². The fraction of sp³-hybridized carbons (Fsp3) is 0.143. The molecule has 0 spiro atoms. The van der Waals surface area contributed by atoms with E-state index in [1.54, 1.807) is 0 Å². The van der Waals surface area contributed by atoms with Crippen molar-refractivity contribution < 1.29 is 0 Å². The van der Waals surface area contributed by atoms with E-state index in [1.165, 1.54) is 0 Å². The van der Waals surface area contributed by atoms with Crippen LogP contribution in [0.3, 0.4) is 0 Å². The molecular formula is C14H13BrN4O. The Morgan fingerprint density at radius 2 is 1.90 bits per heavy atom. The number of imidazole rings is 1. The number of H-pyrrole nitrogens is 2. The Hall–Kier alpha value is -2.08. The summed E-state index contributed by atoms with van der Waals surface area (Å²) in [6.07, 6.45) is 0. The maximum absolute atomic E-state index is 11.3. The standard InChI is InChI=1S/C14H13BrN4O/c1-8-10(15)4-6-13(16-8)19(2)9-3-5-11-12(7-9)18-14(20)17-11/h3-7H,1-2H3,(H2,17,18,20). The van der Waals surface area contributed by atoms with Crippen molar-refractivity contribution in [1.82, 2.24) is 15.0 Å². The average Bonchev–Trinajstić information content (AvgIpc) is 2.80. The van der Waals surface area contributed by atoms with Gasteiger partial charge in [0.2, 0.25) is 0 Å². The molecule has 5 nitrogen and oxygen atoms in total. The summed E-state index contributed by atoms with van der Waals surface area (Å²) in [4.78, 5) is 23.3. The SMILES string of the molecule is Cc1nc(N(C)c2ccc3[nH]c(=O)[nH]c3c2)ccc1Br. The van der Waals surface area contributed by atoms with E-state index in [9.17, 15) is 4.79 Å². The summed E-state index contributed by atoms with van der Waals surface area (Å²) in [7, 11) is 1.95. The highest BCUT2D eigenvalue weighted by Crippen LogP contribution is 2.26. The molecule has 1 aromatic carbocycles. The highest BCUT2D eigenvalue weighted by molar-refractivity contribution is 9.10. The first-order valence-corrected chi connectivity index (χ1v) is 6.93.